The number of hydrogen-bond donors (Lipinski definition) is 3. The Kier molecular flexibility index (Phi) is 11.8. The highest BCUT2D eigenvalue weighted by molar-refractivity contribution is 7.80. The van der Waals surface area contributed by atoms with Crippen molar-refractivity contribution in [1.29, 1.82) is 0 Å². The second-order valence-electron chi connectivity index (χ2n) is 6.38. The lowest BCUT2D eigenvalue weighted by Gasteiger charge is -2.22. The second kappa shape index (κ2) is 13.9. The van der Waals surface area contributed by atoms with Crippen molar-refractivity contribution in [1.82, 2.24) is 10.2 Å². The van der Waals surface area contributed by atoms with Crippen LogP contribution in [-0.4, -0.2) is 48.3 Å². The Labute approximate surface area is 173 Å². The van der Waals surface area contributed by atoms with Crippen molar-refractivity contribution >= 4 is 40.7 Å². The van der Waals surface area contributed by atoms with Crippen molar-refractivity contribution in [3.8, 4) is 0 Å². The Hall–Kier alpha value is -2.19. The van der Waals surface area contributed by atoms with Gasteiger partial charge in [0, 0.05) is 0 Å². The minimum atomic E-state index is -0.621. The summed E-state index contributed by atoms with van der Waals surface area (Å²) in [5.41, 5.74) is 1.21. The number of amides is 2. The van der Waals surface area contributed by atoms with E-state index in [2.05, 4.69) is 34.7 Å². The number of para-hydroxylation sites is 2. The van der Waals surface area contributed by atoms with E-state index in [0.29, 0.717) is 17.9 Å². The zero-order valence-electron chi connectivity index (χ0n) is 17.0. The van der Waals surface area contributed by atoms with Gasteiger partial charge in [-0.25, -0.2) is 4.79 Å². The van der Waals surface area contributed by atoms with Crippen LogP contribution in [-0.2, 0) is 9.53 Å². The maximum absolute atomic E-state index is 12.5. The van der Waals surface area contributed by atoms with Gasteiger partial charge in [-0.3, -0.25) is 15.0 Å². The molecule has 3 N–H and O–H groups in total. The molecule has 0 unspecified atom stereocenters. The van der Waals surface area contributed by atoms with Gasteiger partial charge in [0.05, 0.1) is 24.5 Å². The third kappa shape index (κ3) is 9.66. The minimum absolute atomic E-state index is 0.0780. The summed E-state index contributed by atoms with van der Waals surface area (Å²) in [5.74, 6) is -0.0780. The van der Waals surface area contributed by atoms with Crippen molar-refractivity contribution in [3.05, 3.63) is 24.3 Å². The van der Waals surface area contributed by atoms with Crippen molar-refractivity contribution in [2.75, 3.05) is 36.9 Å². The highest BCUT2D eigenvalue weighted by atomic mass is 32.1. The number of benzene rings is 1. The summed E-state index contributed by atoms with van der Waals surface area (Å²) >= 11 is 5.12. The van der Waals surface area contributed by atoms with Gasteiger partial charge in [-0.05, 0) is 57.2 Å². The fourth-order valence-electron chi connectivity index (χ4n) is 2.54. The summed E-state index contributed by atoms with van der Waals surface area (Å²) in [6.45, 7) is 8.44. The molecule has 0 fully saturated rings. The number of nitrogens with one attached hydrogen (secondary N) is 3. The van der Waals surface area contributed by atoms with Gasteiger partial charge in [0.1, 0.15) is 0 Å². The topological polar surface area (TPSA) is 82.7 Å². The standard InChI is InChI=1S/C20H32N4O3S/c1-4-7-13-24(14-8-5-2)15-18(25)21-16-11-9-10-12-17(16)22-19(28)23-20(26)27-6-3/h9-12H,4-8,13-15H2,1-3H3,(H,21,25)(H2,22,23,26,28). The molecule has 0 aliphatic heterocycles. The number of anilines is 2. The average molecular weight is 409 g/mol. The molecule has 0 radical (unpaired) electrons. The number of thiocarbonyl (C=S) groups is 1. The molecule has 1 aromatic carbocycles. The van der Waals surface area contributed by atoms with Crippen LogP contribution < -0.4 is 16.0 Å². The largest absolute Gasteiger partial charge is 0.450 e. The van der Waals surface area contributed by atoms with Crippen LogP contribution in [0.3, 0.4) is 0 Å². The van der Waals surface area contributed by atoms with E-state index in [0.717, 1.165) is 38.8 Å². The van der Waals surface area contributed by atoms with Crippen LogP contribution in [0, 0.1) is 0 Å². The van der Waals surface area contributed by atoms with Gasteiger partial charge in [-0.15, -0.1) is 0 Å². The molecule has 0 heterocycles. The Balaban J connectivity index is 2.68. The van der Waals surface area contributed by atoms with E-state index in [9.17, 15) is 9.59 Å². The molecule has 0 atom stereocenters. The smallest absolute Gasteiger partial charge is 0.413 e. The van der Waals surface area contributed by atoms with Crippen LogP contribution >= 0.6 is 12.2 Å². The number of carbonyl (C=O) groups is 2. The Morgan fingerprint density at radius 1 is 1.00 bits per heavy atom. The van der Waals surface area contributed by atoms with Gasteiger partial charge in [-0.2, -0.15) is 0 Å². The molecule has 0 bridgehead atoms. The van der Waals surface area contributed by atoms with Crippen LogP contribution in [0.2, 0.25) is 0 Å². The highest BCUT2D eigenvalue weighted by Crippen LogP contribution is 2.21. The quantitative estimate of drug-likeness (QED) is 0.481. The first-order valence-corrected chi connectivity index (χ1v) is 10.3. The van der Waals surface area contributed by atoms with E-state index in [1.807, 2.05) is 12.1 Å². The lowest BCUT2D eigenvalue weighted by atomic mass is 10.2. The fraction of sp³-hybridized carbons (Fsp3) is 0.550. The summed E-state index contributed by atoms with van der Waals surface area (Å²) in [6, 6.07) is 7.21. The van der Waals surface area contributed by atoms with Crippen LogP contribution in [0.4, 0.5) is 16.2 Å². The van der Waals surface area contributed by atoms with Crippen molar-refractivity contribution in [3.63, 3.8) is 0 Å². The van der Waals surface area contributed by atoms with Gasteiger partial charge in [-0.1, -0.05) is 38.8 Å². The normalized spacial score (nSPS) is 10.4. The van der Waals surface area contributed by atoms with Crippen molar-refractivity contribution < 1.29 is 14.3 Å². The summed E-state index contributed by atoms with van der Waals surface area (Å²) in [7, 11) is 0. The van der Waals surface area contributed by atoms with Gasteiger partial charge < -0.3 is 15.4 Å². The predicted molar refractivity (Wildman–Crippen MR) is 118 cm³/mol. The molecule has 0 aliphatic carbocycles. The molecule has 0 aliphatic rings. The predicted octanol–water partition coefficient (Wildman–Crippen LogP) is 3.97. The van der Waals surface area contributed by atoms with Crippen LogP contribution in [0.15, 0.2) is 24.3 Å². The maximum atomic E-state index is 12.5. The second-order valence-corrected chi connectivity index (χ2v) is 6.78. The third-order valence-electron chi connectivity index (χ3n) is 3.96. The lowest BCUT2D eigenvalue weighted by Crippen LogP contribution is -2.36. The van der Waals surface area contributed by atoms with E-state index >= 15 is 0 Å². The number of nitrogens with zero attached hydrogens (tertiary/aromatic N) is 1. The van der Waals surface area contributed by atoms with Crippen LogP contribution in [0.5, 0.6) is 0 Å². The number of alkyl carbamates (subject to hydrolysis) is 1. The molecular formula is C20H32N4O3S. The van der Waals surface area contributed by atoms with Gasteiger partial charge >= 0.3 is 6.09 Å². The summed E-state index contributed by atoms with van der Waals surface area (Å²) in [5, 5.41) is 8.38. The Bertz CT molecular complexity index is 632. The number of ether oxygens (including phenoxy) is 1. The number of hydrogen-bond acceptors (Lipinski definition) is 5. The summed E-state index contributed by atoms with van der Waals surface area (Å²) < 4.78 is 4.80. The number of carbonyl (C=O) groups excluding carboxylic acids is 2. The summed E-state index contributed by atoms with van der Waals surface area (Å²) in [4.78, 5) is 26.2. The van der Waals surface area contributed by atoms with E-state index in [1.165, 1.54) is 0 Å². The number of unbranched alkanes of at least 4 members (excludes halogenated alkanes) is 2. The molecule has 0 saturated carbocycles. The van der Waals surface area contributed by atoms with Crippen LogP contribution in [0.1, 0.15) is 46.5 Å². The molecule has 156 valence electrons. The van der Waals surface area contributed by atoms with Gasteiger partial charge in [0.2, 0.25) is 5.91 Å². The first-order chi connectivity index (χ1) is 13.5. The first kappa shape index (κ1) is 23.8. The minimum Gasteiger partial charge on any atom is -0.450 e. The monoisotopic (exact) mass is 408 g/mol. The van der Waals surface area contributed by atoms with Crippen molar-refractivity contribution in [2.45, 2.75) is 46.5 Å². The molecular weight excluding hydrogens is 376 g/mol. The fourth-order valence-corrected chi connectivity index (χ4v) is 2.73. The van der Waals surface area contributed by atoms with E-state index in [1.54, 1.807) is 19.1 Å². The molecule has 2 amide bonds. The molecule has 0 saturated heterocycles. The molecule has 8 heteroatoms. The molecule has 28 heavy (non-hydrogen) atoms. The Morgan fingerprint density at radius 2 is 1.57 bits per heavy atom. The highest BCUT2D eigenvalue weighted by Gasteiger charge is 2.13. The zero-order valence-corrected chi connectivity index (χ0v) is 17.9. The average Bonchev–Trinajstić information content (AvgIpc) is 2.65. The van der Waals surface area contributed by atoms with E-state index in [4.69, 9.17) is 17.0 Å². The third-order valence-corrected chi connectivity index (χ3v) is 4.17. The Morgan fingerprint density at radius 3 is 2.11 bits per heavy atom. The lowest BCUT2D eigenvalue weighted by molar-refractivity contribution is -0.117. The van der Waals surface area contributed by atoms with Crippen LogP contribution in [0.25, 0.3) is 0 Å². The first-order valence-electron chi connectivity index (χ1n) is 9.86. The summed E-state index contributed by atoms with van der Waals surface area (Å²) in [6.07, 6.45) is 3.72. The SMILES string of the molecule is CCCCN(CCCC)CC(=O)Nc1ccccc1NC(=S)NC(=O)OCC. The van der Waals surface area contributed by atoms with Gasteiger partial charge in [0.25, 0.3) is 0 Å². The molecule has 0 spiro atoms. The van der Waals surface area contributed by atoms with E-state index < -0.39 is 6.09 Å². The van der Waals surface area contributed by atoms with Gasteiger partial charge in [0.15, 0.2) is 5.11 Å². The van der Waals surface area contributed by atoms with Crippen molar-refractivity contribution in [2.24, 2.45) is 0 Å². The molecule has 1 aromatic rings. The van der Waals surface area contributed by atoms with E-state index in [-0.39, 0.29) is 17.6 Å². The molecule has 1 rings (SSSR count). The number of rotatable bonds is 11. The molecule has 0 aromatic heterocycles. The maximum Gasteiger partial charge on any atom is 0.413 e. The zero-order chi connectivity index (χ0) is 20.8. The molecule has 7 nitrogen and oxygen atoms in total.